The van der Waals surface area contributed by atoms with Crippen LogP contribution >= 0.6 is 0 Å². The highest BCUT2D eigenvalue weighted by atomic mass is 16.5. The number of carboxylic acid groups (broad SMARTS) is 1. The number of phenolic OH excluding ortho intramolecular Hbond substituents is 1. The van der Waals surface area contributed by atoms with Gasteiger partial charge in [-0.3, -0.25) is 14.3 Å². The summed E-state index contributed by atoms with van der Waals surface area (Å²) >= 11 is 0. The highest BCUT2D eigenvalue weighted by molar-refractivity contribution is 5.95. The summed E-state index contributed by atoms with van der Waals surface area (Å²) < 4.78 is 6.39. The van der Waals surface area contributed by atoms with E-state index in [1.165, 1.54) is 17.9 Å². The highest BCUT2D eigenvalue weighted by Crippen LogP contribution is 2.29. The molecule has 26 heavy (non-hydrogen) atoms. The van der Waals surface area contributed by atoms with Crippen molar-refractivity contribution in [3.05, 3.63) is 41.7 Å². The second-order valence-corrected chi connectivity index (χ2v) is 6.31. The largest absolute Gasteiger partial charge is 0.504 e. The molecule has 8 heteroatoms. The third-order valence-corrected chi connectivity index (χ3v) is 4.51. The first kappa shape index (κ1) is 17.8. The molecule has 2 N–H and O–H groups in total. The van der Waals surface area contributed by atoms with Gasteiger partial charge in [0.25, 0.3) is 5.91 Å². The van der Waals surface area contributed by atoms with Gasteiger partial charge in [0, 0.05) is 30.8 Å². The van der Waals surface area contributed by atoms with E-state index in [0.717, 1.165) is 18.5 Å². The van der Waals surface area contributed by atoms with Crippen molar-refractivity contribution in [2.75, 3.05) is 20.2 Å². The van der Waals surface area contributed by atoms with E-state index in [9.17, 15) is 14.7 Å². The van der Waals surface area contributed by atoms with Crippen molar-refractivity contribution in [1.29, 1.82) is 0 Å². The van der Waals surface area contributed by atoms with Crippen molar-refractivity contribution in [3.8, 4) is 11.5 Å². The normalized spacial score (nSPS) is 17.1. The van der Waals surface area contributed by atoms with Crippen LogP contribution in [-0.2, 0) is 11.3 Å². The molecule has 1 aliphatic heterocycles. The van der Waals surface area contributed by atoms with Gasteiger partial charge in [0.1, 0.15) is 6.54 Å². The standard InChI is InChI=1S/C18H21N3O5/c1-26-16-5-4-12(9-15(16)22)18(25)20-7-2-3-13(10-20)14-6-8-21(19-14)11-17(23)24/h4-6,8-9,13,22H,2-3,7,10-11H2,1H3,(H,23,24)/t13-/m1/s1. The van der Waals surface area contributed by atoms with Crippen LogP contribution < -0.4 is 4.74 Å². The van der Waals surface area contributed by atoms with Gasteiger partial charge in [0.15, 0.2) is 11.5 Å². The summed E-state index contributed by atoms with van der Waals surface area (Å²) in [5.74, 6) is -0.784. The molecule has 1 aliphatic rings. The van der Waals surface area contributed by atoms with E-state index in [4.69, 9.17) is 9.84 Å². The second-order valence-electron chi connectivity index (χ2n) is 6.31. The Hall–Kier alpha value is -3.03. The first-order valence-electron chi connectivity index (χ1n) is 8.39. The number of carboxylic acids is 1. The molecular weight excluding hydrogens is 338 g/mol. The lowest BCUT2D eigenvalue weighted by Gasteiger charge is -2.32. The number of aromatic hydroxyl groups is 1. The third kappa shape index (κ3) is 3.79. The molecule has 1 amide bonds. The van der Waals surface area contributed by atoms with Gasteiger partial charge in [0.2, 0.25) is 0 Å². The van der Waals surface area contributed by atoms with E-state index in [-0.39, 0.29) is 24.1 Å². The Morgan fingerprint density at radius 1 is 1.35 bits per heavy atom. The monoisotopic (exact) mass is 359 g/mol. The molecule has 2 aromatic rings. The van der Waals surface area contributed by atoms with Crippen LogP contribution in [0.1, 0.15) is 34.8 Å². The summed E-state index contributed by atoms with van der Waals surface area (Å²) in [6, 6.07) is 6.41. The number of amides is 1. The number of hydrogen-bond donors (Lipinski definition) is 2. The Labute approximate surface area is 150 Å². The highest BCUT2D eigenvalue weighted by Gasteiger charge is 2.27. The summed E-state index contributed by atoms with van der Waals surface area (Å²) in [7, 11) is 1.45. The Bertz CT molecular complexity index is 817. The topological polar surface area (TPSA) is 105 Å². The van der Waals surface area contributed by atoms with Gasteiger partial charge < -0.3 is 19.8 Å². The molecule has 0 unspecified atom stereocenters. The van der Waals surface area contributed by atoms with E-state index in [0.29, 0.717) is 24.4 Å². The maximum absolute atomic E-state index is 12.7. The first-order chi connectivity index (χ1) is 12.5. The molecule has 0 saturated carbocycles. The molecular formula is C18H21N3O5. The van der Waals surface area contributed by atoms with Crippen molar-refractivity contribution in [2.45, 2.75) is 25.3 Å². The number of methoxy groups -OCH3 is 1. The zero-order valence-electron chi connectivity index (χ0n) is 14.5. The summed E-state index contributed by atoms with van der Waals surface area (Å²) in [6.07, 6.45) is 3.37. The van der Waals surface area contributed by atoms with Crippen molar-refractivity contribution in [1.82, 2.24) is 14.7 Å². The minimum Gasteiger partial charge on any atom is -0.504 e. The molecule has 8 nitrogen and oxygen atoms in total. The van der Waals surface area contributed by atoms with E-state index < -0.39 is 5.97 Å². The quantitative estimate of drug-likeness (QED) is 0.842. The van der Waals surface area contributed by atoms with Gasteiger partial charge in [-0.1, -0.05) is 0 Å². The third-order valence-electron chi connectivity index (χ3n) is 4.51. The van der Waals surface area contributed by atoms with Crippen molar-refractivity contribution in [3.63, 3.8) is 0 Å². The lowest BCUT2D eigenvalue weighted by atomic mass is 9.94. The number of nitrogens with zero attached hydrogens (tertiary/aromatic N) is 3. The van der Waals surface area contributed by atoms with Crippen molar-refractivity contribution in [2.24, 2.45) is 0 Å². The molecule has 138 valence electrons. The molecule has 1 atom stereocenters. The van der Waals surface area contributed by atoms with Crippen LogP contribution in [0.2, 0.25) is 0 Å². The predicted molar refractivity (Wildman–Crippen MR) is 92.4 cm³/mol. The minimum absolute atomic E-state index is 0.0644. The lowest BCUT2D eigenvalue weighted by molar-refractivity contribution is -0.137. The minimum atomic E-state index is -0.945. The molecule has 2 heterocycles. The van der Waals surface area contributed by atoms with Crippen LogP contribution in [0, 0.1) is 0 Å². The summed E-state index contributed by atoms with van der Waals surface area (Å²) in [6.45, 7) is 0.966. The van der Waals surface area contributed by atoms with Gasteiger partial charge in [-0.15, -0.1) is 0 Å². The van der Waals surface area contributed by atoms with Crippen LogP contribution in [0.25, 0.3) is 0 Å². The zero-order chi connectivity index (χ0) is 18.7. The number of benzene rings is 1. The van der Waals surface area contributed by atoms with Gasteiger partial charge in [0.05, 0.1) is 12.8 Å². The fourth-order valence-corrected chi connectivity index (χ4v) is 3.23. The number of piperidine rings is 1. The maximum atomic E-state index is 12.7. The van der Waals surface area contributed by atoms with Crippen LogP contribution in [0.3, 0.4) is 0 Å². The van der Waals surface area contributed by atoms with Crippen LogP contribution in [0.5, 0.6) is 11.5 Å². The number of carbonyl (C=O) groups is 2. The molecule has 0 bridgehead atoms. The Kier molecular flexibility index (Phi) is 5.11. The van der Waals surface area contributed by atoms with Crippen molar-refractivity contribution < 1.29 is 24.5 Å². The Morgan fingerprint density at radius 2 is 2.15 bits per heavy atom. The van der Waals surface area contributed by atoms with Gasteiger partial charge in [-0.05, 0) is 37.1 Å². The molecule has 0 aliphatic carbocycles. The summed E-state index contributed by atoms with van der Waals surface area (Å²) in [5, 5.41) is 23.0. The second kappa shape index (κ2) is 7.47. The average molecular weight is 359 g/mol. The summed E-state index contributed by atoms with van der Waals surface area (Å²) in [5.41, 5.74) is 1.20. The van der Waals surface area contributed by atoms with E-state index in [1.54, 1.807) is 29.3 Å². The van der Waals surface area contributed by atoms with Crippen molar-refractivity contribution >= 4 is 11.9 Å². The lowest BCUT2D eigenvalue weighted by Crippen LogP contribution is -2.39. The Balaban J connectivity index is 1.71. The van der Waals surface area contributed by atoms with Gasteiger partial charge >= 0.3 is 5.97 Å². The van der Waals surface area contributed by atoms with Crippen LogP contribution in [0.15, 0.2) is 30.5 Å². The molecule has 1 aromatic heterocycles. The van der Waals surface area contributed by atoms with E-state index >= 15 is 0 Å². The number of carbonyl (C=O) groups excluding carboxylic acids is 1. The van der Waals surface area contributed by atoms with Crippen LogP contribution in [-0.4, -0.2) is 57.0 Å². The number of rotatable bonds is 5. The number of aromatic nitrogens is 2. The SMILES string of the molecule is COc1ccc(C(=O)N2CCC[C@@H](c3ccn(CC(=O)O)n3)C2)cc1O. The molecule has 1 aromatic carbocycles. The van der Waals surface area contributed by atoms with Crippen LogP contribution in [0.4, 0.5) is 0 Å². The predicted octanol–water partition coefficient (Wildman–Crippen LogP) is 1.70. The number of phenols is 1. The maximum Gasteiger partial charge on any atom is 0.325 e. The number of hydrogen-bond acceptors (Lipinski definition) is 5. The van der Waals surface area contributed by atoms with E-state index in [1.807, 2.05) is 0 Å². The fraction of sp³-hybridized carbons (Fsp3) is 0.389. The van der Waals surface area contributed by atoms with E-state index in [2.05, 4.69) is 5.10 Å². The smallest absolute Gasteiger partial charge is 0.325 e. The fourth-order valence-electron chi connectivity index (χ4n) is 3.23. The molecule has 1 saturated heterocycles. The van der Waals surface area contributed by atoms with Gasteiger partial charge in [-0.25, -0.2) is 0 Å². The zero-order valence-corrected chi connectivity index (χ0v) is 14.5. The molecule has 0 radical (unpaired) electrons. The summed E-state index contributed by atoms with van der Waals surface area (Å²) in [4.78, 5) is 25.3. The molecule has 3 rings (SSSR count). The Morgan fingerprint density at radius 3 is 2.85 bits per heavy atom. The number of likely N-dealkylation sites (tertiary alicyclic amines) is 1. The number of ether oxygens (including phenoxy) is 1. The van der Waals surface area contributed by atoms with Gasteiger partial charge in [-0.2, -0.15) is 5.10 Å². The first-order valence-corrected chi connectivity index (χ1v) is 8.39. The average Bonchev–Trinajstić information content (AvgIpc) is 3.09. The molecule has 0 spiro atoms. The number of aliphatic carboxylic acids is 1. The molecule has 1 fully saturated rings.